The molecule has 10 heteroatoms. The molecule has 0 amide bonds. The molecule has 2 aromatic rings. The minimum atomic E-state index is -1.77. The zero-order chi connectivity index (χ0) is 20.9. The van der Waals surface area contributed by atoms with Crippen LogP contribution in [-0.4, -0.2) is 60.3 Å². The minimum absolute atomic E-state index is 0.0522. The van der Waals surface area contributed by atoms with Gasteiger partial charge in [0.05, 0.1) is 14.2 Å². The van der Waals surface area contributed by atoms with Gasteiger partial charge in [0.15, 0.2) is 11.6 Å². The van der Waals surface area contributed by atoms with Crippen molar-refractivity contribution in [2.45, 2.75) is 23.1 Å². The summed E-state index contributed by atoms with van der Waals surface area (Å²) in [6.07, 6.45) is 3.53. The van der Waals surface area contributed by atoms with Crippen molar-refractivity contribution in [2.75, 3.05) is 45.7 Å². The van der Waals surface area contributed by atoms with Crippen molar-refractivity contribution in [1.29, 1.82) is 0 Å². The Morgan fingerprint density at radius 2 is 1.66 bits per heavy atom. The number of halogens is 3. The summed E-state index contributed by atoms with van der Waals surface area (Å²) in [4.78, 5) is 15.6. The molecular formula is C19H24Cl3N5O2. The molecule has 1 aliphatic heterocycles. The number of anilines is 1. The summed E-state index contributed by atoms with van der Waals surface area (Å²) in [5, 5.41) is 3.22. The Balaban J connectivity index is 1.82. The van der Waals surface area contributed by atoms with Crippen molar-refractivity contribution >= 4 is 40.8 Å². The van der Waals surface area contributed by atoms with Crippen LogP contribution in [0.1, 0.15) is 25.1 Å². The van der Waals surface area contributed by atoms with E-state index in [2.05, 4.69) is 25.2 Å². The molecule has 0 unspecified atom stereocenters. The van der Waals surface area contributed by atoms with Gasteiger partial charge in [-0.1, -0.05) is 34.8 Å². The Bertz CT molecular complexity index is 804. The third-order valence-electron chi connectivity index (χ3n) is 4.63. The number of rotatable bonds is 8. The van der Waals surface area contributed by atoms with Crippen molar-refractivity contribution in [3.63, 3.8) is 0 Å². The molecule has 3 rings (SSSR count). The van der Waals surface area contributed by atoms with Crippen molar-refractivity contribution in [2.24, 2.45) is 0 Å². The normalized spacial score (nSPS) is 14.8. The highest BCUT2D eigenvalue weighted by Crippen LogP contribution is 2.37. The molecule has 0 bridgehead atoms. The van der Waals surface area contributed by atoms with E-state index >= 15 is 0 Å². The highest BCUT2D eigenvalue weighted by molar-refractivity contribution is 6.66. The second kappa shape index (κ2) is 9.98. The first kappa shape index (κ1) is 22.2. The lowest BCUT2D eigenvalue weighted by Crippen LogP contribution is -2.23. The molecule has 1 N–H and O–H groups in total. The van der Waals surface area contributed by atoms with Crippen molar-refractivity contribution in [3.05, 3.63) is 24.0 Å². The average molecular weight is 461 g/mol. The summed E-state index contributed by atoms with van der Waals surface area (Å²) in [6.45, 7) is 4.09. The Morgan fingerprint density at radius 3 is 2.24 bits per heavy atom. The van der Waals surface area contributed by atoms with Crippen LogP contribution in [0.15, 0.2) is 18.2 Å². The van der Waals surface area contributed by atoms with Gasteiger partial charge in [-0.25, -0.2) is 4.98 Å². The largest absolute Gasteiger partial charge is 0.497 e. The van der Waals surface area contributed by atoms with Crippen LogP contribution in [0.4, 0.5) is 5.95 Å². The molecule has 0 atom stereocenters. The zero-order valence-electron chi connectivity index (χ0n) is 16.4. The highest BCUT2D eigenvalue weighted by atomic mass is 35.6. The quantitative estimate of drug-likeness (QED) is 0.465. The van der Waals surface area contributed by atoms with Gasteiger partial charge < -0.3 is 19.7 Å². The second-order valence-electron chi connectivity index (χ2n) is 6.73. The fourth-order valence-electron chi connectivity index (χ4n) is 3.16. The molecule has 2 heterocycles. The maximum Gasteiger partial charge on any atom is 0.250 e. The monoisotopic (exact) mass is 459 g/mol. The maximum atomic E-state index is 6.05. The van der Waals surface area contributed by atoms with Gasteiger partial charge in [0.25, 0.3) is 0 Å². The number of nitrogens with zero attached hydrogens (tertiary/aromatic N) is 4. The molecule has 29 heavy (non-hydrogen) atoms. The number of hydrogen-bond acceptors (Lipinski definition) is 7. The number of hydrogen-bond donors (Lipinski definition) is 1. The molecule has 1 aliphatic rings. The summed E-state index contributed by atoms with van der Waals surface area (Å²) >= 11 is 18.1. The van der Waals surface area contributed by atoms with Crippen molar-refractivity contribution in [1.82, 2.24) is 19.9 Å². The lowest BCUT2D eigenvalue weighted by molar-refractivity contribution is 0.337. The Labute approximate surface area is 185 Å². The van der Waals surface area contributed by atoms with Crippen LogP contribution in [0.3, 0.4) is 0 Å². The number of alkyl halides is 3. The van der Waals surface area contributed by atoms with Crippen LogP contribution in [0.2, 0.25) is 0 Å². The summed E-state index contributed by atoms with van der Waals surface area (Å²) in [5.41, 5.74) is 0.666. The molecule has 0 aliphatic carbocycles. The van der Waals surface area contributed by atoms with E-state index in [9.17, 15) is 0 Å². The van der Waals surface area contributed by atoms with Gasteiger partial charge in [0.1, 0.15) is 11.5 Å². The van der Waals surface area contributed by atoms with E-state index in [0.29, 0.717) is 35.4 Å². The molecule has 1 fully saturated rings. The first-order valence-electron chi connectivity index (χ1n) is 9.42. The molecule has 1 aromatic carbocycles. The first-order valence-corrected chi connectivity index (χ1v) is 10.6. The first-order chi connectivity index (χ1) is 13.9. The molecule has 158 valence electrons. The van der Waals surface area contributed by atoms with Crippen molar-refractivity contribution < 1.29 is 9.47 Å². The maximum absolute atomic E-state index is 6.05. The Morgan fingerprint density at radius 1 is 1.00 bits per heavy atom. The lowest BCUT2D eigenvalue weighted by Gasteiger charge is -2.16. The molecular weight excluding hydrogens is 437 g/mol. The van der Waals surface area contributed by atoms with Crippen LogP contribution < -0.4 is 14.8 Å². The Hall–Kier alpha value is -1.54. The number of methoxy groups -OCH3 is 2. The van der Waals surface area contributed by atoms with Gasteiger partial charge >= 0.3 is 0 Å². The summed E-state index contributed by atoms with van der Waals surface area (Å²) in [5.74, 6) is 1.99. The third kappa shape index (κ3) is 6.22. The smallest absolute Gasteiger partial charge is 0.250 e. The van der Waals surface area contributed by atoms with Gasteiger partial charge in [-0.15, -0.1) is 0 Å². The van der Waals surface area contributed by atoms with Gasteiger partial charge in [0, 0.05) is 18.2 Å². The van der Waals surface area contributed by atoms with Crippen LogP contribution in [-0.2, 0) is 3.79 Å². The van der Waals surface area contributed by atoms with Gasteiger partial charge in [-0.3, -0.25) is 0 Å². The Kier molecular flexibility index (Phi) is 7.62. The molecule has 0 radical (unpaired) electrons. The van der Waals surface area contributed by atoms with E-state index in [1.807, 2.05) is 0 Å². The molecule has 1 saturated heterocycles. The number of aromatic nitrogens is 3. The predicted molar refractivity (Wildman–Crippen MR) is 116 cm³/mol. The fraction of sp³-hybridized carbons (Fsp3) is 0.526. The van der Waals surface area contributed by atoms with E-state index in [1.54, 1.807) is 32.4 Å². The fourth-order valence-corrected chi connectivity index (χ4v) is 3.41. The predicted octanol–water partition coefficient (Wildman–Crippen LogP) is 4.28. The number of ether oxygens (including phenoxy) is 2. The van der Waals surface area contributed by atoms with Gasteiger partial charge in [-0.2, -0.15) is 9.97 Å². The number of benzene rings is 1. The topological polar surface area (TPSA) is 72.4 Å². The summed E-state index contributed by atoms with van der Waals surface area (Å²) in [7, 11) is 3.15. The standard InChI is InChI=1S/C19H24Cl3N5O2/c1-28-14-10-13(11-15(12-14)29-2)16-24-17(19(20,21)22)26-18(25-16)23-6-5-9-27-7-3-4-8-27/h10-12H,3-9H2,1-2H3,(H,23,24,25,26). The van der Waals surface area contributed by atoms with Crippen LogP contribution in [0.25, 0.3) is 11.4 Å². The van der Waals surface area contributed by atoms with E-state index in [1.165, 1.54) is 25.9 Å². The van der Waals surface area contributed by atoms with Crippen molar-refractivity contribution in [3.8, 4) is 22.9 Å². The van der Waals surface area contributed by atoms with Gasteiger partial charge in [-0.05, 0) is 51.0 Å². The van der Waals surface area contributed by atoms with E-state index in [4.69, 9.17) is 44.3 Å². The molecule has 0 spiro atoms. The average Bonchev–Trinajstić information content (AvgIpc) is 3.23. The SMILES string of the molecule is COc1cc(OC)cc(-c2nc(NCCCN3CCCC3)nc(C(Cl)(Cl)Cl)n2)c1. The molecule has 0 saturated carbocycles. The lowest BCUT2D eigenvalue weighted by atomic mass is 10.2. The summed E-state index contributed by atoms with van der Waals surface area (Å²) in [6, 6.07) is 5.34. The zero-order valence-corrected chi connectivity index (χ0v) is 18.7. The molecule has 7 nitrogen and oxygen atoms in total. The highest BCUT2D eigenvalue weighted by Gasteiger charge is 2.28. The van der Waals surface area contributed by atoms with E-state index < -0.39 is 3.79 Å². The molecule has 1 aromatic heterocycles. The van der Waals surface area contributed by atoms with Crippen LogP contribution in [0.5, 0.6) is 11.5 Å². The van der Waals surface area contributed by atoms with E-state index in [-0.39, 0.29) is 5.82 Å². The number of nitrogens with one attached hydrogen (secondary N) is 1. The minimum Gasteiger partial charge on any atom is -0.497 e. The van der Waals surface area contributed by atoms with Crippen LogP contribution >= 0.6 is 34.8 Å². The second-order valence-corrected chi connectivity index (χ2v) is 9.02. The van der Waals surface area contributed by atoms with Crippen LogP contribution in [0, 0.1) is 0 Å². The van der Waals surface area contributed by atoms with E-state index in [0.717, 1.165) is 13.0 Å². The summed E-state index contributed by atoms with van der Waals surface area (Å²) < 4.78 is 8.88. The van der Waals surface area contributed by atoms with Gasteiger partial charge in [0.2, 0.25) is 9.74 Å². The number of likely N-dealkylation sites (tertiary alicyclic amines) is 1. The third-order valence-corrected chi connectivity index (χ3v) is 5.14.